The number of rotatable bonds is 3. The van der Waals surface area contributed by atoms with Crippen LogP contribution in [0.1, 0.15) is 48.9 Å². The summed E-state index contributed by atoms with van der Waals surface area (Å²) >= 11 is 0. The molecular weight excluding hydrogens is 328 g/mol. The smallest absolute Gasteiger partial charge is 0.249 e. The monoisotopic (exact) mass is 354 g/mol. The predicted octanol–water partition coefficient (Wildman–Crippen LogP) is 5.38. The fourth-order valence-corrected chi connectivity index (χ4v) is 3.48. The summed E-state index contributed by atoms with van der Waals surface area (Å²) in [6.07, 6.45) is 1.31. The van der Waals surface area contributed by atoms with Gasteiger partial charge in [0.05, 0.1) is 0 Å². The van der Waals surface area contributed by atoms with Crippen LogP contribution in [0.25, 0.3) is 0 Å². The van der Waals surface area contributed by atoms with E-state index in [1.54, 1.807) is 0 Å². The average Bonchev–Trinajstić information content (AvgIpc) is 3.03. The lowest BCUT2D eigenvalue weighted by Crippen LogP contribution is -2.41. The number of aryl methyl sites for hydroxylation is 4. The van der Waals surface area contributed by atoms with Crippen LogP contribution >= 0.6 is 0 Å². The minimum absolute atomic E-state index is 0.655. The van der Waals surface area contributed by atoms with Gasteiger partial charge in [0.1, 0.15) is 0 Å². The first kappa shape index (κ1) is 17.1. The highest BCUT2D eigenvalue weighted by Crippen LogP contribution is 2.46. The van der Waals surface area contributed by atoms with Crippen LogP contribution in [0.15, 0.2) is 24.3 Å². The standard InChI is InChI=1S/C22H26O4/c1-13-9-17-18(10-14(13)2)24-21(5,23-17)7-8-22(6)25-19-11-15(3)16(4)12-20(19)26-22/h9-12H,7-8H2,1-6H3. The summed E-state index contributed by atoms with van der Waals surface area (Å²) in [7, 11) is 0. The molecule has 26 heavy (non-hydrogen) atoms. The third-order valence-electron chi connectivity index (χ3n) is 5.46. The fourth-order valence-electron chi connectivity index (χ4n) is 3.48. The van der Waals surface area contributed by atoms with Crippen LogP contribution < -0.4 is 18.9 Å². The van der Waals surface area contributed by atoms with E-state index in [1.807, 2.05) is 38.1 Å². The zero-order chi connectivity index (χ0) is 18.7. The Bertz CT molecular complexity index is 749. The highest BCUT2D eigenvalue weighted by molar-refractivity contribution is 5.50. The van der Waals surface area contributed by atoms with Gasteiger partial charge in [-0.1, -0.05) is 0 Å². The molecule has 0 bridgehead atoms. The Balaban J connectivity index is 1.46. The van der Waals surface area contributed by atoms with Crippen molar-refractivity contribution in [2.45, 2.75) is 66.0 Å². The van der Waals surface area contributed by atoms with E-state index >= 15 is 0 Å². The maximum atomic E-state index is 6.12. The number of benzene rings is 2. The molecule has 4 rings (SSSR count). The largest absolute Gasteiger partial charge is 0.449 e. The van der Waals surface area contributed by atoms with Crippen molar-refractivity contribution >= 4 is 0 Å². The summed E-state index contributed by atoms with van der Waals surface area (Å²) in [5.41, 5.74) is 4.80. The molecule has 0 saturated carbocycles. The molecule has 2 aromatic carbocycles. The van der Waals surface area contributed by atoms with Crippen molar-refractivity contribution in [2.75, 3.05) is 0 Å². The Morgan fingerprint density at radius 1 is 0.538 bits per heavy atom. The van der Waals surface area contributed by atoms with Crippen LogP contribution in [0.3, 0.4) is 0 Å². The van der Waals surface area contributed by atoms with Crippen molar-refractivity contribution < 1.29 is 18.9 Å². The van der Waals surface area contributed by atoms with Gasteiger partial charge in [-0.25, -0.2) is 0 Å². The second-order valence-corrected chi connectivity index (χ2v) is 7.94. The Hall–Kier alpha value is -2.36. The molecule has 4 heteroatoms. The molecule has 0 atom stereocenters. The predicted molar refractivity (Wildman–Crippen MR) is 100 cm³/mol. The molecule has 2 aromatic rings. The lowest BCUT2D eigenvalue weighted by atomic mass is 10.1. The van der Waals surface area contributed by atoms with Gasteiger partial charge in [-0.2, -0.15) is 0 Å². The SMILES string of the molecule is Cc1cc2c(cc1C)OC(C)(CCC1(C)Oc3cc(C)c(C)cc3O1)O2. The minimum Gasteiger partial charge on any atom is -0.449 e. The Labute approximate surface area is 155 Å². The van der Waals surface area contributed by atoms with Crippen molar-refractivity contribution in [1.29, 1.82) is 0 Å². The molecule has 0 unspecified atom stereocenters. The third-order valence-corrected chi connectivity index (χ3v) is 5.46. The number of hydrogen-bond donors (Lipinski definition) is 0. The van der Waals surface area contributed by atoms with Gasteiger partial charge in [-0.3, -0.25) is 0 Å². The summed E-state index contributed by atoms with van der Waals surface area (Å²) in [5.74, 6) is 1.82. The Kier molecular flexibility index (Phi) is 3.66. The number of hydrogen-bond acceptors (Lipinski definition) is 4. The summed E-state index contributed by atoms with van der Waals surface area (Å²) in [4.78, 5) is 0. The van der Waals surface area contributed by atoms with Gasteiger partial charge in [0.25, 0.3) is 0 Å². The van der Waals surface area contributed by atoms with Gasteiger partial charge in [0.15, 0.2) is 23.0 Å². The summed E-state index contributed by atoms with van der Waals surface area (Å²) in [5, 5.41) is 0. The maximum Gasteiger partial charge on any atom is 0.249 e. The summed E-state index contributed by atoms with van der Waals surface area (Å²) < 4.78 is 24.5. The van der Waals surface area contributed by atoms with E-state index in [2.05, 4.69) is 27.7 Å². The van der Waals surface area contributed by atoms with Crippen molar-refractivity contribution in [3.63, 3.8) is 0 Å². The minimum atomic E-state index is -0.709. The molecule has 0 N–H and O–H groups in total. The van der Waals surface area contributed by atoms with E-state index < -0.39 is 11.6 Å². The first-order chi connectivity index (χ1) is 12.2. The molecule has 138 valence electrons. The molecule has 0 fully saturated rings. The van der Waals surface area contributed by atoms with Crippen molar-refractivity contribution in [1.82, 2.24) is 0 Å². The third kappa shape index (κ3) is 2.87. The van der Waals surface area contributed by atoms with Gasteiger partial charge in [0, 0.05) is 26.7 Å². The highest BCUT2D eigenvalue weighted by Gasteiger charge is 2.43. The lowest BCUT2D eigenvalue weighted by molar-refractivity contribution is -0.116. The molecule has 0 amide bonds. The van der Waals surface area contributed by atoms with Crippen LogP contribution in [0, 0.1) is 27.7 Å². The highest BCUT2D eigenvalue weighted by atomic mass is 16.7. The molecule has 4 nitrogen and oxygen atoms in total. The quantitative estimate of drug-likeness (QED) is 0.742. The van der Waals surface area contributed by atoms with Crippen molar-refractivity contribution in [2.24, 2.45) is 0 Å². The van der Waals surface area contributed by atoms with Gasteiger partial charge in [-0.15, -0.1) is 0 Å². The van der Waals surface area contributed by atoms with Crippen LogP contribution in [-0.2, 0) is 0 Å². The van der Waals surface area contributed by atoms with Crippen LogP contribution in [0.2, 0.25) is 0 Å². The van der Waals surface area contributed by atoms with E-state index in [9.17, 15) is 0 Å². The Morgan fingerprint density at radius 2 is 0.769 bits per heavy atom. The van der Waals surface area contributed by atoms with Crippen molar-refractivity contribution in [3.8, 4) is 23.0 Å². The van der Waals surface area contributed by atoms with Crippen molar-refractivity contribution in [3.05, 3.63) is 46.5 Å². The summed E-state index contributed by atoms with van der Waals surface area (Å²) in [6.45, 7) is 12.3. The molecule has 0 spiro atoms. The molecule has 0 saturated heterocycles. The zero-order valence-electron chi connectivity index (χ0n) is 16.4. The van der Waals surface area contributed by atoms with Crippen LogP contribution in [-0.4, -0.2) is 11.6 Å². The molecule has 0 aliphatic carbocycles. The van der Waals surface area contributed by atoms with E-state index in [-0.39, 0.29) is 0 Å². The summed E-state index contributed by atoms with van der Waals surface area (Å²) in [6, 6.07) is 8.17. The molecule has 2 heterocycles. The van der Waals surface area contributed by atoms with E-state index in [1.165, 1.54) is 22.3 Å². The number of ether oxygens (including phenoxy) is 4. The average molecular weight is 354 g/mol. The second-order valence-electron chi connectivity index (χ2n) is 7.94. The molecular formula is C22H26O4. The molecule has 0 radical (unpaired) electrons. The lowest BCUT2D eigenvalue weighted by Gasteiger charge is -2.28. The van der Waals surface area contributed by atoms with Gasteiger partial charge in [0.2, 0.25) is 11.6 Å². The maximum absolute atomic E-state index is 6.12. The molecule has 0 aromatic heterocycles. The second kappa shape index (κ2) is 5.57. The van der Waals surface area contributed by atoms with Gasteiger partial charge < -0.3 is 18.9 Å². The first-order valence-electron chi connectivity index (χ1n) is 9.15. The van der Waals surface area contributed by atoms with Crippen LogP contribution in [0.4, 0.5) is 0 Å². The number of fused-ring (bicyclic) bond motifs is 2. The molecule has 2 aliphatic heterocycles. The van der Waals surface area contributed by atoms with E-state index in [0.717, 1.165) is 23.0 Å². The van der Waals surface area contributed by atoms with E-state index in [4.69, 9.17) is 18.9 Å². The normalized spacial score (nSPS) is 18.2. The topological polar surface area (TPSA) is 36.9 Å². The molecule has 2 aliphatic rings. The van der Waals surface area contributed by atoms with E-state index in [0.29, 0.717) is 12.8 Å². The van der Waals surface area contributed by atoms with Crippen LogP contribution in [0.5, 0.6) is 23.0 Å². The van der Waals surface area contributed by atoms with Gasteiger partial charge in [-0.05, 0) is 74.2 Å². The van der Waals surface area contributed by atoms with Gasteiger partial charge >= 0.3 is 0 Å². The first-order valence-corrected chi connectivity index (χ1v) is 9.15. The Morgan fingerprint density at radius 3 is 1.00 bits per heavy atom. The fraction of sp³-hybridized carbons (Fsp3) is 0.455. The zero-order valence-corrected chi connectivity index (χ0v) is 16.4.